The highest BCUT2D eigenvalue weighted by atomic mass is 32.1. The van der Waals surface area contributed by atoms with Gasteiger partial charge in [0.1, 0.15) is 15.5 Å². The maximum Gasteiger partial charge on any atom is 0.346 e. The molecule has 0 aliphatic heterocycles. The number of aromatic nitrogens is 2. The van der Waals surface area contributed by atoms with E-state index >= 15 is 0 Å². The standard InChI is InChI=1S/C14H10N2O4S/c1-7-9-11(17)15-14(20-8-5-3-2-4-6-8)16-12(9)21-10(7)13(18)19/h2-6H,1H3,(H,18,19)(H,15,16,17). The summed E-state index contributed by atoms with van der Waals surface area (Å²) in [6.07, 6.45) is 0. The van der Waals surface area contributed by atoms with Gasteiger partial charge in [-0.25, -0.2) is 4.79 Å². The predicted molar refractivity (Wildman–Crippen MR) is 78.5 cm³/mol. The first-order valence-corrected chi connectivity index (χ1v) is 6.87. The number of thiophene rings is 1. The number of aromatic amines is 1. The molecule has 0 unspecified atom stereocenters. The molecule has 2 heterocycles. The molecule has 0 spiro atoms. The van der Waals surface area contributed by atoms with Crippen LogP contribution in [0.25, 0.3) is 10.2 Å². The topological polar surface area (TPSA) is 92.3 Å². The summed E-state index contributed by atoms with van der Waals surface area (Å²) in [7, 11) is 0. The number of fused-ring (bicyclic) bond motifs is 1. The van der Waals surface area contributed by atoms with Gasteiger partial charge in [0.05, 0.1) is 5.39 Å². The van der Waals surface area contributed by atoms with Crippen LogP contribution in [0.5, 0.6) is 11.8 Å². The number of aryl methyl sites for hydroxylation is 1. The van der Waals surface area contributed by atoms with Gasteiger partial charge in [0.15, 0.2) is 0 Å². The number of aromatic carboxylic acids is 1. The highest BCUT2D eigenvalue weighted by Crippen LogP contribution is 2.28. The normalized spacial score (nSPS) is 10.7. The average molecular weight is 302 g/mol. The zero-order valence-corrected chi connectivity index (χ0v) is 11.7. The number of H-pyrrole nitrogens is 1. The second kappa shape index (κ2) is 5.02. The minimum absolute atomic E-state index is 0.0388. The van der Waals surface area contributed by atoms with E-state index in [0.717, 1.165) is 11.3 Å². The van der Waals surface area contributed by atoms with Crippen LogP contribution in [0, 0.1) is 6.92 Å². The minimum atomic E-state index is -1.07. The fourth-order valence-electron chi connectivity index (χ4n) is 1.98. The number of carboxylic acid groups (broad SMARTS) is 1. The Hall–Kier alpha value is -2.67. The van der Waals surface area contributed by atoms with E-state index in [9.17, 15) is 9.59 Å². The van der Waals surface area contributed by atoms with Gasteiger partial charge >= 0.3 is 12.0 Å². The molecule has 0 atom stereocenters. The van der Waals surface area contributed by atoms with Crippen LogP contribution in [0.1, 0.15) is 15.2 Å². The lowest BCUT2D eigenvalue weighted by molar-refractivity contribution is 0.0701. The molecule has 7 heteroatoms. The van der Waals surface area contributed by atoms with Crippen molar-refractivity contribution in [3.63, 3.8) is 0 Å². The number of hydrogen-bond acceptors (Lipinski definition) is 5. The van der Waals surface area contributed by atoms with E-state index in [-0.39, 0.29) is 16.3 Å². The van der Waals surface area contributed by atoms with Crippen molar-refractivity contribution in [3.05, 3.63) is 51.1 Å². The zero-order valence-electron chi connectivity index (χ0n) is 10.9. The van der Waals surface area contributed by atoms with Gasteiger partial charge in [-0.1, -0.05) is 18.2 Å². The van der Waals surface area contributed by atoms with Gasteiger partial charge in [-0.05, 0) is 24.6 Å². The fraction of sp³-hybridized carbons (Fsp3) is 0.0714. The third-order valence-corrected chi connectivity index (χ3v) is 4.10. The molecular formula is C14H10N2O4S. The van der Waals surface area contributed by atoms with Gasteiger partial charge in [-0.2, -0.15) is 4.98 Å². The summed E-state index contributed by atoms with van der Waals surface area (Å²) in [5.74, 6) is -0.535. The first-order valence-electron chi connectivity index (χ1n) is 6.06. The maximum atomic E-state index is 12.1. The Kier molecular flexibility index (Phi) is 3.19. The SMILES string of the molecule is Cc1c(C(=O)O)sc2nc(Oc3ccccc3)[nH]c(=O)c12. The van der Waals surface area contributed by atoms with E-state index in [1.54, 1.807) is 31.2 Å². The molecule has 3 aromatic rings. The van der Waals surface area contributed by atoms with Gasteiger partial charge in [0.2, 0.25) is 0 Å². The molecule has 21 heavy (non-hydrogen) atoms. The van der Waals surface area contributed by atoms with E-state index in [4.69, 9.17) is 9.84 Å². The third kappa shape index (κ3) is 2.38. The fourth-order valence-corrected chi connectivity index (χ4v) is 2.99. The van der Waals surface area contributed by atoms with Gasteiger partial charge < -0.3 is 9.84 Å². The number of carboxylic acids is 1. The molecule has 2 aromatic heterocycles. The summed E-state index contributed by atoms with van der Waals surface area (Å²) in [5.41, 5.74) is 0.00897. The third-order valence-electron chi connectivity index (χ3n) is 2.93. The lowest BCUT2D eigenvalue weighted by Crippen LogP contribution is -2.09. The van der Waals surface area contributed by atoms with E-state index in [0.29, 0.717) is 16.1 Å². The van der Waals surface area contributed by atoms with E-state index in [1.807, 2.05) is 6.07 Å². The Bertz CT molecular complexity index is 883. The Morgan fingerprint density at radius 3 is 2.71 bits per heavy atom. The van der Waals surface area contributed by atoms with E-state index in [1.165, 1.54) is 0 Å². The van der Waals surface area contributed by atoms with Crippen molar-refractivity contribution in [1.29, 1.82) is 0 Å². The Labute approximate surface area is 122 Å². The second-order valence-corrected chi connectivity index (χ2v) is 5.33. The molecule has 0 aliphatic carbocycles. The number of hydrogen-bond donors (Lipinski definition) is 2. The van der Waals surface area contributed by atoms with Gasteiger partial charge in [-0.15, -0.1) is 11.3 Å². The average Bonchev–Trinajstić information content (AvgIpc) is 2.77. The molecule has 0 saturated carbocycles. The maximum absolute atomic E-state index is 12.1. The Balaban J connectivity index is 2.11. The monoisotopic (exact) mass is 302 g/mol. The van der Waals surface area contributed by atoms with Gasteiger partial charge in [0, 0.05) is 0 Å². The van der Waals surface area contributed by atoms with Crippen LogP contribution in [0.4, 0.5) is 0 Å². The number of carbonyl (C=O) groups is 1. The molecule has 3 rings (SSSR count). The summed E-state index contributed by atoms with van der Waals surface area (Å²) in [5, 5.41) is 9.39. The first kappa shape index (κ1) is 13.3. The highest BCUT2D eigenvalue weighted by Gasteiger charge is 2.18. The molecule has 0 amide bonds. The van der Waals surface area contributed by atoms with Crippen molar-refractivity contribution in [3.8, 4) is 11.8 Å². The van der Waals surface area contributed by atoms with Crippen LogP contribution in [0.2, 0.25) is 0 Å². The molecule has 0 radical (unpaired) electrons. The van der Waals surface area contributed by atoms with Crippen LogP contribution < -0.4 is 10.3 Å². The number of ether oxygens (including phenoxy) is 1. The quantitative estimate of drug-likeness (QED) is 0.776. The lowest BCUT2D eigenvalue weighted by atomic mass is 10.2. The smallest absolute Gasteiger partial charge is 0.346 e. The van der Waals surface area contributed by atoms with Crippen LogP contribution >= 0.6 is 11.3 Å². The van der Waals surface area contributed by atoms with Crippen LogP contribution in [0.3, 0.4) is 0 Å². The zero-order chi connectivity index (χ0) is 15.0. The van der Waals surface area contributed by atoms with Crippen molar-refractivity contribution in [2.75, 3.05) is 0 Å². The van der Waals surface area contributed by atoms with Crippen LogP contribution in [0.15, 0.2) is 35.1 Å². The van der Waals surface area contributed by atoms with Crippen molar-refractivity contribution in [1.82, 2.24) is 9.97 Å². The van der Waals surface area contributed by atoms with Crippen LogP contribution in [-0.2, 0) is 0 Å². The molecule has 0 saturated heterocycles. The summed E-state index contributed by atoms with van der Waals surface area (Å²) in [6.45, 7) is 1.59. The number of nitrogens with zero attached hydrogens (tertiary/aromatic N) is 1. The predicted octanol–water partition coefficient (Wildman–Crippen LogP) is 2.78. The van der Waals surface area contributed by atoms with Crippen molar-refractivity contribution in [2.24, 2.45) is 0 Å². The van der Waals surface area contributed by atoms with Crippen molar-refractivity contribution in [2.45, 2.75) is 6.92 Å². The van der Waals surface area contributed by atoms with Gasteiger partial charge in [-0.3, -0.25) is 9.78 Å². The number of para-hydroxylation sites is 1. The summed E-state index contributed by atoms with van der Waals surface area (Å²) >= 11 is 0.960. The summed E-state index contributed by atoms with van der Waals surface area (Å²) < 4.78 is 5.47. The summed E-state index contributed by atoms with van der Waals surface area (Å²) in [6, 6.07) is 8.93. The minimum Gasteiger partial charge on any atom is -0.477 e. The van der Waals surface area contributed by atoms with E-state index < -0.39 is 11.5 Å². The largest absolute Gasteiger partial charge is 0.477 e. The van der Waals surface area contributed by atoms with Crippen molar-refractivity contribution >= 4 is 27.5 Å². The first-order chi connectivity index (χ1) is 10.1. The molecular weight excluding hydrogens is 292 g/mol. The molecule has 1 aromatic carbocycles. The molecule has 0 fully saturated rings. The number of nitrogens with one attached hydrogen (secondary N) is 1. The van der Waals surface area contributed by atoms with E-state index in [2.05, 4.69) is 9.97 Å². The summed E-state index contributed by atoms with van der Waals surface area (Å²) in [4.78, 5) is 30.3. The molecule has 0 aliphatic rings. The highest BCUT2D eigenvalue weighted by molar-refractivity contribution is 7.20. The Morgan fingerprint density at radius 1 is 1.33 bits per heavy atom. The molecule has 0 bridgehead atoms. The van der Waals surface area contributed by atoms with Crippen molar-refractivity contribution < 1.29 is 14.6 Å². The Morgan fingerprint density at radius 2 is 2.05 bits per heavy atom. The lowest BCUT2D eigenvalue weighted by Gasteiger charge is -2.03. The number of rotatable bonds is 3. The van der Waals surface area contributed by atoms with Crippen LogP contribution in [-0.4, -0.2) is 21.0 Å². The molecule has 106 valence electrons. The molecule has 6 nitrogen and oxygen atoms in total. The second-order valence-electron chi connectivity index (χ2n) is 4.33. The van der Waals surface area contributed by atoms with Gasteiger partial charge in [0.25, 0.3) is 5.56 Å². The number of benzene rings is 1. The molecule has 2 N–H and O–H groups in total.